The Morgan fingerprint density at radius 3 is 1.50 bits per heavy atom. The summed E-state index contributed by atoms with van der Waals surface area (Å²) in [5.41, 5.74) is 0. The highest BCUT2D eigenvalue weighted by Crippen LogP contribution is 2.24. The average Bonchev–Trinajstić information content (AvgIpc) is 3.08. The van der Waals surface area contributed by atoms with Crippen LogP contribution in [0.15, 0.2) is 24.3 Å². The first kappa shape index (κ1) is 23.9. The van der Waals surface area contributed by atoms with Crippen LogP contribution in [0.4, 0.5) is 0 Å². The Balaban J connectivity index is 1.92. The maximum absolute atomic E-state index is 2.47. The van der Waals surface area contributed by atoms with E-state index in [2.05, 4.69) is 70.7 Å². The second kappa shape index (κ2) is 14.8. The van der Waals surface area contributed by atoms with Crippen LogP contribution in [0.25, 0.3) is 0 Å². The van der Waals surface area contributed by atoms with Crippen LogP contribution in [0.5, 0.6) is 0 Å². The highest BCUT2D eigenvalue weighted by atomic mass is 32.2. The lowest BCUT2D eigenvalue weighted by Crippen LogP contribution is -2.02. The molecule has 1 rings (SSSR count). The van der Waals surface area contributed by atoms with E-state index < -0.39 is 0 Å². The first-order valence-electron chi connectivity index (χ1n) is 11.4. The fourth-order valence-corrected chi connectivity index (χ4v) is 5.08. The lowest BCUT2D eigenvalue weighted by Gasteiger charge is -2.16. The lowest BCUT2D eigenvalue weighted by atomic mass is 9.91. The van der Waals surface area contributed by atoms with Crippen molar-refractivity contribution in [3.8, 4) is 0 Å². The van der Waals surface area contributed by atoms with E-state index in [-0.39, 0.29) is 0 Å². The van der Waals surface area contributed by atoms with E-state index in [0.717, 1.165) is 23.7 Å². The topological polar surface area (TPSA) is 0 Å². The second-order valence-corrected chi connectivity index (χ2v) is 10.7. The van der Waals surface area contributed by atoms with Crippen molar-refractivity contribution >= 4 is 11.8 Å². The number of allylic oxidation sites excluding steroid dienone is 2. The molecule has 0 nitrogen and oxygen atoms in total. The minimum atomic E-state index is 0.648. The zero-order valence-corrected chi connectivity index (χ0v) is 19.2. The Kier molecular flexibility index (Phi) is 13.6. The molecule has 3 unspecified atom stereocenters. The molecular weight excluding hydrogens is 332 g/mol. The Labute approximate surface area is 169 Å². The van der Waals surface area contributed by atoms with E-state index >= 15 is 0 Å². The predicted molar refractivity (Wildman–Crippen MR) is 123 cm³/mol. The lowest BCUT2D eigenvalue weighted by molar-refractivity contribution is 0.377. The van der Waals surface area contributed by atoms with Crippen LogP contribution in [0.3, 0.4) is 0 Å². The molecule has 1 heteroatoms. The van der Waals surface area contributed by atoms with E-state index in [4.69, 9.17) is 0 Å². The van der Waals surface area contributed by atoms with Gasteiger partial charge in [0, 0.05) is 5.25 Å². The highest BCUT2D eigenvalue weighted by Gasteiger charge is 2.09. The van der Waals surface area contributed by atoms with Crippen molar-refractivity contribution in [3.63, 3.8) is 0 Å². The van der Waals surface area contributed by atoms with Gasteiger partial charge in [-0.1, -0.05) is 117 Å². The van der Waals surface area contributed by atoms with Crippen molar-refractivity contribution in [2.45, 2.75) is 104 Å². The van der Waals surface area contributed by atoms with Crippen molar-refractivity contribution in [2.24, 2.45) is 23.7 Å². The van der Waals surface area contributed by atoms with Gasteiger partial charge >= 0.3 is 0 Å². The van der Waals surface area contributed by atoms with Crippen LogP contribution in [0.1, 0.15) is 98.8 Å². The van der Waals surface area contributed by atoms with Crippen LogP contribution in [-0.4, -0.2) is 11.0 Å². The van der Waals surface area contributed by atoms with Gasteiger partial charge in [-0.15, -0.1) is 0 Å². The summed E-state index contributed by atoms with van der Waals surface area (Å²) in [6.45, 7) is 12.1. The predicted octanol–water partition coefficient (Wildman–Crippen LogP) is 8.68. The molecule has 0 aromatic heterocycles. The summed E-state index contributed by atoms with van der Waals surface area (Å²) in [5.74, 6) is 4.94. The van der Waals surface area contributed by atoms with Crippen LogP contribution in [0, 0.1) is 23.7 Å². The molecular formula is C25H46S. The van der Waals surface area contributed by atoms with Gasteiger partial charge in [-0.3, -0.25) is 0 Å². The van der Waals surface area contributed by atoms with Gasteiger partial charge < -0.3 is 0 Å². The molecule has 0 aliphatic heterocycles. The third-order valence-electron chi connectivity index (χ3n) is 5.90. The van der Waals surface area contributed by atoms with E-state index in [1.807, 2.05) is 0 Å². The summed E-state index contributed by atoms with van der Waals surface area (Å²) >= 11 is 2.10. The quantitative estimate of drug-likeness (QED) is 0.259. The van der Waals surface area contributed by atoms with Crippen LogP contribution in [0.2, 0.25) is 0 Å². The van der Waals surface area contributed by atoms with E-state index in [9.17, 15) is 0 Å². The molecule has 0 radical (unpaired) electrons. The third kappa shape index (κ3) is 13.1. The first-order valence-corrected chi connectivity index (χ1v) is 12.5. The maximum Gasteiger partial charge on any atom is 0.0413 e. The van der Waals surface area contributed by atoms with Gasteiger partial charge in [-0.25, -0.2) is 0 Å². The summed E-state index contributed by atoms with van der Waals surface area (Å²) in [4.78, 5) is 0. The van der Waals surface area contributed by atoms with Crippen molar-refractivity contribution in [1.82, 2.24) is 0 Å². The summed E-state index contributed by atoms with van der Waals surface area (Å²) < 4.78 is 0. The molecule has 0 N–H and O–H groups in total. The summed E-state index contributed by atoms with van der Waals surface area (Å²) in [7, 11) is 0. The molecule has 1 aliphatic rings. The molecule has 0 aromatic carbocycles. The molecule has 0 aromatic rings. The summed E-state index contributed by atoms with van der Waals surface area (Å²) in [6, 6.07) is 0. The standard InChI is InChI=1S/C25H46S/c1-21(2)11-8-12-22(3)13-9-14-23(4)15-10-16-24(5)19-20-26-25-17-6-7-18-25/h6-7,17-18,21-25H,8-16,19-20H2,1-5H3. The summed E-state index contributed by atoms with van der Waals surface area (Å²) in [6.07, 6.45) is 23.2. The molecule has 0 saturated carbocycles. The minimum Gasteiger partial charge on any atom is -0.150 e. The van der Waals surface area contributed by atoms with Crippen molar-refractivity contribution in [1.29, 1.82) is 0 Å². The third-order valence-corrected chi connectivity index (χ3v) is 7.07. The Hall–Kier alpha value is -0.170. The smallest absolute Gasteiger partial charge is 0.0413 e. The Morgan fingerprint density at radius 1 is 0.615 bits per heavy atom. The largest absolute Gasteiger partial charge is 0.150 e. The van der Waals surface area contributed by atoms with Gasteiger partial charge in [0.05, 0.1) is 0 Å². The molecule has 26 heavy (non-hydrogen) atoms. The van der Waals surface area contributed by atoms with E-state index in [0.29, 0.717) is 5.25 Å². The molecule has 0 spiro atoms. The molecule has 152 valence electrons. The molecule has 0 bridgehead atoms. The maximum atomic E-state index is 2.47. The van der Waals surface area contributed by atoms with Gasteiger partial charge in [0.1, 0.15) is 0 Å². The molecule has 0 fully saturated rings. The molecule has 3 atom stereocenters. The van der Waals surface area contributed by atoms with Crippen molar-refractivity contribution in [3.05, 3.63) is 24.3 Å². The molecule has 0 heterocycles. The average molecular weight is 379 g/mol. The van der Waals surface area contributed by atoms with Gasteiger partial charge in [0.2, 0.25) is 0 Å². The fourth-order valence-electron chi connectivity index (χ4n) is 3.87. The molecule has 0 saturated heterocycles. The van der Waals surface area contributed by atoms with Gasteiger partial charge in [-0.2, -0.15) is 11.8 Å². The van der Waals surface area contributed by atoms with Crippen LogP contribution < -0.4 is 0 Å². The zero-order chi connectivity index (χ0) is 19.2. The summed E-state index contributed by atoms with van der Waals surface area (Å²) in [5, 5.41) is 0.648. The SMILES string of the molecule is CC(C)CCCC(C)CCCC(C)CCCC(C)CCSC1C=CC=C1. The number of hydrogen-bond acceptors (Lipinski definition) is 1. The normalized spacial score (nSPS) is 17.9. The molecule has 1 aliphatic carbocycles. The van der Waals surface area contributed by atoms with Crippen LogP contribution in [-0.2, 0) is 0 Å². The van der Waals surface area contributed by atoms with Crippen molar-refractivity contribution < 1.29 is 0 Å². The second-order valence-electron chi connectivity index (χ2n) is 9.40. The van der Waals surface area contributed by atoms with Gasteiger partial charge in [0.25, 0.3) is 0 Å². The highest BCUT2D eigenvalue weighted by molar-refractivity contribution is 8.00. The Morgan fingerprint density at radius 2 is 1.04 bits per heavy atom. The van der Waals surface area contributed by atoms with E-state index in [1.165, 1.54) is 70.0 Å². The fraction of sp³-hybridized carbons (Fsp3) is 0.840. The van der Waals surface area contributed by atoms with E-state index in [1.54, 1.807) is 0 Å². The minimum absolute atomic E-state index is 0.648. The monoisotopic (exact) mass is 378 g/mol. The van der Waals surface area contributed by atoms with Crippen LogP contribution >= 0.6 is 11.8 Å². The van der Waals surface area contributed by atoms with Gasteiger partial charge in [0.15, 0.2) is 0 Å². The van der Waals surface area contributed by atoms with Crippen molar-refractivity contribution in [2.75, 3.05) is 5.75 Å². The zero-order valence-electron chi connectivity index (χ0n) is 18.4. The Bertz CT molecular complexity index is 370. The number of rotatable bonds is 16. The first-order chi connectivity index (χ1) is 12.5. The number of thioether (sulfide) groups is 1. The number of hydrogen-bond donors (Lipinski definition) is 0. The van der Waals surface area contributed by atoms with Gasteiger partial charge in [-0.05, 0) is 35.8 Å². The molecule has 0 amide bonds.